The minimum Gasteiger partial charge on any atom is -0.490 e. The van der Waals surface area contributed by atoms with Crippen LogP contribution in [0.25, 0.3) is 0 Å². The van der Waals surface area contributed by atoms with E-state index in [1.54, 1.807) is 0 Å². The van der Waals surface area contributed by atoms with Crippen molar-refractivity contribution in [2.45, 2.75) is 39.5 Å². The molecule has 2 rings (SSSR count). The quantitative estimate of drug-likeness (QED) is 0.818. The van der Waals surface area contributed by atoms with E-state index < -0.39 is 0 Å². The highest BCUT2D eigenvalue weighted by Crippen LogP contribution is 2.36. The van der Waals surface area contributed by atoms with Crippen molar-refractivity contribution in [3.8, 4) is 5.75 Å². The zero-order valence-corrected chi connectivity index (χ0v) is 10.6. The summed E-state index contributed by atoms with van der Waals surface area (Å²) in [5.74, 6) is 2.12. The molecule has 1 aromatic rings. The van der Waals surface area contributed by atoms with E-state index in [0.29, 0.717) is 11.8 Å². The Labute approximate surface area is 98.0 Å². The van der Waals surface area contributed by atoms with Crippen molar-refractivity contribution in [1.29, 1.82) is 0 Å². The summed E-state index contributed by atoms with van der Waals surface area (Å²) in [5, 5.41) is 3.40. The summed E-state index contributed by atoms with van der Waals surface area (Å²) in [6, 6.07) is 4.47. The Balaban J connectivity index is 2.50. The van der Waals surface area contributed by atoms with Crippen LogP contribution in [-0.2, 0) is 0 Å². The second kappa shape index (κ2) is 4.36. The van der Waals surface area contributed by atoms with Crippen molar-refractivity contribution >= 4 is 5.69 Å². The molecular weight excluding hydrogens is 198 g/mol. The molecule has 0 aliphatic carbocycles. The van der Waals surface area contributed by atoms with Gasteiger partial charge in [0.25, 0.3) is 0 Å². The minimum absolute atomic E-state index is 0.549. The van der Waals surface area contributed by atoms with Crippen molar-refractivity contribution in [2.75, 3.05) is 18.5 Å². The van der Waals surface area contributed by atoms with Gasteiger partial charge in [-0.3, -0.25) is 0 Å². The lowest BCUT2D eigenvalue weighted by atomic mass is 9.89. The van der Waals surface area contributed by atoms with Crippen molar-refractivity contribution in [3.05, 3.63) is 23.3 Å². The molecule has 0 spiro atoms. The normalized spacial score (nSPS) is 14.6. The number of benzene rings is 1. The zero-order valence-electron chi connectivity index (χ0n) is 10.6. The van der Waals surface area contributed by atoms with Crippen molar-refractivity contribution < 1.29 is 4.74 Å². The number of fused-ring (bicyclic) bond motifs is 1. The van der Waals surface area contributed by atoms with Crippen LogP contribution in [0.4, 0.5) is 5.69 Å². The second-order valence-electron chi connectivity index (χ2n) is 5.06. The second-order valence-corrected chi connectivity index (χ2v) is 5.06. The van der Waals surface area contributed by atoms with Gasteiger partial charge >= 0.3 is 0 Å². The van der Waals surface area contributed by atoms with Crippen LogP contribution >= 0.6 is 0 Å². The molecule has 0 saturated carbocycles. The molecule has 1 aliphatic heterocycles. The van der Waals surface area contributed by atoms with E-state index in [4.69, 9.17) is 4.74 Å². The lowest BCUT2D eigenvalue weighted by Gasteiger charge is -2.24. The van der Waals surface area contributed by atoms with Gasteiger partial charge in [0.1, 0.15) is 12.4 Å². The molecular formula is C14H21NO. The fourth-order valence-electron chi connectivity index (χ4n) is 2.22. The summed E-state index contributed by atoms with van der Waals surface area (Å²) in [6.07, 6.45) is 0. The maximum atomic E-state index is 5.69. The van der Waals surface area contributed by atoms with Gasteiger partial charge in [-0.2, -0.15) is 0 Å². The standard InChI is InChI=1S/C14H21NO/c1-9(2)11-7-13-14(16-6-5-15-13)8-12(11)10(3)4/h7-10,15H,5-6H2,1-4H3. The van der Waals surface area contributed by atoms with Crippen molar-refractivity contribution in [3.63, 3.8) is 0 Å². The van der Waals surface area contributed by atoms with Gasteiger partial charge in [-0.15, -0.1) is 0 Å². The van der Waals surface area contributed by atoms with Crippen molar-refractivity contribution in [1.82, 2.24) is 0 Å². The molecule has 0 bridgehead atoms. The van der Waals surface area contributed by atoms with Gasteiger partial charge in [-0.05, 0) is 35.1 Å². The maximum Gasteiger partial charge on any atom is 0.142 e. The third-order valence-electron chi connectivity index (χ3n) is 3.10. The van der Waals surface area contributed by atoms with Crippen LogP contribution in [-0.4, -0.2) is 13.2 Å². The SMILES string of the molecule is CC(C)c1cc2c(cc1C(C)C)OCCN2. The lowest BCUT2D eigenvalue weighted by Crippen LogP contribution is -2.19. The molecule has 88 valence electrons. The van der Waals surface area contributed by atoms with E-state index in [2.05, 4.69) is 45.1 Å². The van der Waals surface area contributed by atoms with E-state index in [1.165, 1.54) is 11.1 Å². The van der Waals surface area contributed by atoms with E-state index in [0.717, 1.165) is 24.6 Å². The van der Waals surface area contributed by atoms with Gasteiger partial charge in [-0.1, -0.05) is 27.7 Å². The fraction of sp³-hybridized carbons (Fsp3) is 0.571. The summed E-state index contributed by atoms with van der Waals surface area (Å²) >= 11 is 0. The van der Waals surface area contributed by atoms with Gasteiger partial charge < -0.3 is 10.1 Å². The smallest absolute Gasteiger partial charge is 0.142 e. The molecule has 1 N–H and O–H groups in total. The predicted molar refractivity (Wildman–Crippen MR) is 68.6 cm³/mol. The largest absolute Gasteiger partial charge is 0.490 e. The molecule has 0 radical (unpaired) electrons. The van der Waals surface area contributed by atoms with Crippen LogP contribution in [0.2, 0.25) is 0 Å². The van der Waals surface area contributed by atoms with Crippen LogP contribution < -0.4 is 10.1 Å². The summed E-state index contributed by atoms with van der Waals surface area (Å²) in [4.78, 5) is 0. The first-order valence-corrected chi connectivity index (χ1v) is 6.14. The molecule has 0 fully saturated rings. The average Bonchev–Trinajstić information content (AvgIpc) is 2.27. The fourth-order valence-corrected chi connectivity index (χ4v) is 2.22. The Hall–Kier alpha value is -1.18. The van der Waals surface area contributed by atoms with Crippen molar-refractivity contribution in [2.24, 2.45) is 0 Å². The molecule has 0 aromatic heterocycles. The van der Waals surface area contributed by atoms with Gasteiger partial charge in [0, 0.05) is 6.54 Å². The van der Waals surface area contributed by atoms with Crippen LogP contribution in [0.1, 0.15) is 50.7 Å². The first kappa shape index (κ1) is 11.3. The Morgan fingerprint density at radius 1 is 1.06 bits per heavy atom. The number of ether oxygens (including phenoxy) is 1. The van der Waals surface area contributed by atoms with E-state index in [-0.39, 0.29) is 0 Å². The summed E-state index contributed by atoms with van der Waals surface area (Å²) < 4.78 is 5.69. The predicted octanol–water partition coefficient (Wildman–Crippen LogP) is 3.74. The van der Waals surface area contributed by atoms with Gasteiger partial charge in [0.15, 0.2) is 0 Å². The zero-order chi connectivity index (χ0) is 11.7. The number of nitrogens with one attached hydrogen (secondary N) is 1. The Morgan fingerprint density at radius 3 is 2.31 bits per heavy atom. The van der Waals surface area contributed by atoms with E-state index >= 15 is 0 Å². The maximum absolute atomic E-state index is 5.69. The Kier molecular flexibility index (Phi) is 3.08. The minimum atomic E-state index is 0.549. The third-order valence-corrected chi connectivity index (χ3v) is 3.10. The molecule has 1 aliphatic rings. The van der Waals surface area contributed by atoms with E-state index in [9.17, 15) is 0 Å². The Morgan fingerprint density at radius 2 is 1.69 bits per heavy atom. The summed E-state index contributed by atoms with van der Waals surface area (Å²) in [7, 11) is 0. The first-order valence-electron chi connectivity index (χ1n) is 6.14. The first-order chi connectivity index (χ1) is 7.59. The molecule has 0 amide bonds. The third kappa shape index (κ3) is 2.01. The molecule has 1 aromatic carbocycles. The van der Waals surface area contributed by atoms with Gasteiger partial charge in [-0.25, -0.2) is 0 Å². The van der Waals surface area contributed by atoms with Gasteiger partial charge in [0.05, 0.1) is 5.69 Å². The topological polar surface area (TPSA) is 21.3 Å². The van der Waals surface area contributed by atoms with Crippen LogP contribution in [0, 0.1) is 0 Å². The monoisotopic (exact) mass is 219 g/mol. The van der Waals surface area contributed by atoms with Crippen LogP contribution in [0.15, 0.2) is 12.1 Å². The number of hydrogen-bond donors (Lipinski definition) is 1. The highest BCUT2D eigenvalue weighted by Gasteiger charge is 2.17. The molecule has 1 heterocycles. The molecule has 0 saturated heterocycles. The Bertz CT molecular complexity index is 346. The molecule has 0 atom stereocenters. The van der Waals surface area contributed by atoms with Crippen LogP contribution in [0.5, 0.6) is 5.75 Å². The van der Waals surface area contributed by atoms with Gasteiger partial charge in [0.2, 0.25) is 0 Å². The number of anilines is 1. The molecule has 2 nitrogen and oxygen atoms in total. The highest BCUT2D eigenvalue weighted by molar-refractivity contribution is 5.62. The lowest BCUT2D eigenvalue weighted by molar-refractivity contribution is 0.322. The molecule has 16 heavy (non-hydrogen) atoms. The average molecular weight is 219 g/mol. The van der Waals surface area contributed by atoms with Crippen LogP contribution in [0.3, 0.4) is 0 Å². The highest BCUT2D eigenvalue weighted by atomic mass is 16.5. The summed E-state index contributed by atoms with van der Waals surface area (Å²) in [5.41, 5.74) is 4.00. The van der Waals surface area contributed by atoms with E-state index in [1.807, 2.05) is 0 Å². The summed E-state index contributed by atoms with van der Waals surface area (Å²) in [6.45, 7) is 10.7. The number of rotatable bonds is 2. The molecule has 0 unspecified atom stereocenters. The molecule has 2 heteroatoms. The number of hydrogen-bond acceptors (Lipinski definition) is 2.